The van der Waals surface area contributed by atoms with Crippen molar-refractivity contribution >= 4 is 22.2 Å². The molecule has 0 amide bonds. The van der Waals surface area contributed by atoms with Gasteiger partial charge in [0.15, 0.2) is 17.0 Å². The molecular weight excluding hydrogens is 424 g/mol. The number of aromatic nitrogens is 8. The molecule has 168 valence electrons. The number of pyridine rings is 1. The van der Waals surface area contributed by atoms with E-state index in [2.05, 4.69) is 27.1 Å². The summed E-state index contributed by atoms with van der Waals surface area (Å²) in [7, 11) is 1.82. The standard InChI is InChI=1S/C22H22N8O3/c1-3-15-8-14(6-7-32-15)30-20-19-16(4-5-17(26-19)29-12-23-11-25-29)33-21(20)18(27-22(30)31)13-9-24-28(2)10-13/h4-5,9-12,14-15H,3,6-8H2,1-2H3/t14-,15-/m0/s1. The molecule has 0 spiro atoms. The quantitative estimate of drug-likeness (QED) is 0.413. The van der Waals surface area contributed by atoms with E-state index in [0.717, 1.165) is 19.3 Å². The monoisotopic (exact) mass is 446 g/mol. The van der Waals surface area contributed by atoms with E-state index in [4.69, 9.17) is 14.1 Å². The number of fused-ring (bicyclic) bond motifs is 3. The number of rotatable bonds is 4. The van der Waals surface area contributed by atoms with Crippen LogP contribution in [0.1, 0.15) is 32.2 Å². The third kappa shape index (κ3) is 3.23. The topological polar surface area (TPSA) is 119 Å². The van der Waals surface area contributed by atoms with Gasteiger partial charge in [-0.1, -0.05) is 6.92 Å². The zero-order valence-electron chi connectivity index (χ0n) is 18.2. The first-order chi connectivity index (χ1) is 16.1. The first kappa shape index (κ1) is 19.8. The minimum Gasteiger partial charge on any atom is -0.450 e. The average Bonchev–Trinajstić information content (AvgIpc) is 3.58. The molecule has 0 aliphatic carbocycles. The summed E-state index contributed by atoms with van der Waals surface area (Å²) in [4.78, 5) is 26.7. The second kappa shape index (κ2) is 7.62. The Labute approximate surface area is 187 Å². The molecule has 1 saturated heterocycles. The summed E-state index contributed by atoms with van der Waals surface area (Å²) in [5.74, 6) is 0.583. The Morgan fingerprint density at radius 2 is 2.12 bits per heavy atom. The molecule has 0 unspecified atom stereocenters. The Balaban J connectivity index is 1.66. The Kier molecular flexibility index (Phi) is 4.57. The highest BCUT2D eigenvalue weighted by Gasteiger charge is 2.29. The van der Waals surface area contributed by atoms with Crippen molar-refractivity contribution in [2.75, 3.05) is 6.61 Å². The summed E-state index contributed by atoms with van der Waals surface area (Å²) in [6, 6.07) is 3.58. The van der Waals surface area contributed by atoms with Crippen molar-refractivity contribution in [3.8, 4) is 17.1 Å². The van der Waals surface area contributed by atoms with Crippen molar-refractivity contribution < 1.29 is 9.15 Å². The zero-order valence-corrected chi connectivity index (χ0v) is 18.2. The van der Waals surface area contributed by atoms with E-state index in [0.29, 0.717) is 45.9 Å². The Bertz CT molecular complexity index is 1510. The fourth-order valence-electron chi connectivity index (χ4n) is 4.54. The molecule has 1 fully saturated rings. The molecule has 2 atom stereocenters. The van der Waals surface area contributed by atoms with Crippen LogP contribution >= 0.6 is 0 Å². The number of nitrogens with zero attached hydrogens (tertiary/aromatic N) is 8. The van der Waals surface area contributed by atoms with Gasteiger partial charge in [0.05, 0.1) is 12.3 Å². The molecular formula is C22H22N8O3. The number of furan rings is 1. The number of hydrogen-bond acceptors (Lipinski definition) is 8. The molecule has 1 aliphatic rings. The maximum atomic E-state index is 13.5. The van der Waals surface area contributed by atoms with Gasteiger partial charge >= 0.3 is 5.69 Å². The van der Waals surface area contributed by atoms with Crippen LogP contribution in [0.2, 0.25) is 0 Å². The molecule has 11 heteroatoms. The third-order valence-electron chi connectivity index (χ3n) is 6.16. The van der Waals surface area contributed by atoms with Crippen LogP contribution in [0.3, 0.4) is 0 Å². The average molecular weight is 446 g/mol. The number of aryl methyl sites for hydroxylation is 1. The fraction of sp³-hybridized carbons (Fsp3) is 0.364. The molecule has 5 aromatic heterocycles. The lowest BCUT2D eigenvalue weighted by Gasteiger charge is -2.30. The van der Waals surface area contributed by atoms with Gasteiger partial charge in [0.25, 0.3) is 0 Å². The van der Waals surface area contributed by atoms with E-state index in [9.17, 15) is 4.79 Å². The van der Waals surface area contributed by atoms with Crippen LogP contribution < -0.4 is 5.69 Å². The first-order valence-corrected chi connectivity index (χ1v) is 10.9. The van der Waals surface area contributed by atoms with E-state index < -0.39 is 0 Å². The highest BCUT2D eigenvalue weighted by molar-refractivity contribution is 6.04. The van der Waals surface area contributed by atoms with Gasteiger partial charge in [0.1, 0.15) is 29.4 Å². The molecule has 6 heterocycles. The second-order valence-electron chi connectivity index (χ2n) is 8.23. The van der Waals surface area contributed by atoms with Gasteiger partial charge in [-0.3, -0.25) is 9.25 Å². The first-order valence-electron chi connectivity index (χ1n) is 10.9. The van der Waals surface area contributed by atoms with Crippen LogP contribution in [0.4, 0.5) is 0 Å². The lowest BCUT2D eigenvalue weighted by Crippen LogP contribution is -2.34. The van der Waals surface area contributed by atoms with Crippen LogP contribution in [0.25, 0.3) is 39.3 Å². The van der Waals surface area contributed by atoms with Crippen LogP contribution in [0, 0.1) is 0 Å². The summed E-state index contributed by atoms with van der Waals surface area (Å²) in [6.45, 7) is 2.68. The molecule has 0 bridgehead atoms. The van der Waals surface area contributed by atoms with Crippen LogP contribution in [0.5, 0.6) is 0 Å². The largest absolute Gasteiger partial charge is 0.450 e. The summed E-state index contributed by atoms with van der Waals surface area (Å²) in [5.41, 5.74) is 3.13. The predicted octanol–water partition coefficient (Wildman–Crippen LogP) is 2.65. The van der Waals surface area contributed by atoms with Crippen molar-refractivity contribution in [3.05, 3.63) is 47.7 Å². The summed E-state index contributed by atoms with van der Waals surface area (Å²) in [6.07, 6.45) is 8.95. The minimum absolute atomic E-state index is 0.0632. The molecule has 0 aromatic carbocycles. The highest BCUT2D eigenvalue weighted by atomic mass is 16.5. The van der Waals surface area contributed by atoms with Crippen molar-refractivity contribution in [2.45, 2.75) is 38.3 Å². The molecule has 11 nitrogen and oxygen atoms in total. The third-order valence-corrected chi connectivity index (χ3v) is 6.16. The van der Waals surface area contributed by atoms with Gasteiger partial charge in [0, 0.05) is 31.5 Å². The molecule has 6 rings (SSSR count). The number of hydrogen-bond donors (Lipinski definition) is 0. The highest BCUT2D eigenvalue weighted by Crippen LogP contribution is 2.36. The van der Waals surface area contributed by atoms with E-state index in [1.807, 2.05) is 19.3 Å². The maximum absolute atomic E-state index is 13.5. The molecule has 0 N–H and O–H groups in total. The van der Waals surface area contributed by atoms with E-state index in [-0.39, 0.29) is 17.8 Å². The van der Waals surface area contributed by atoms with Gasteiger partial charge < -0.3 is 9.15 Å². The minimum atomic E-state index is -0.334. The molecule has 0 radical (unpaired) electrons. The molecule has 33 heavy (non-hydrogen) atoms. The summed E-state index contributed by atoms with van der Waals surface area (Å²) in [5, 5.41) is 8.42. The molecule has 5 aromatic rings. The predicted molar refractivity (Wildman–Crippen MR) is 119 cm³/mol. The molecule has 1 aliphatic heterocycles. The smallest absolute Gasteiger partial charge is 0.349 e. The summed E-state index contributed by atoms with van der Waals surface area (Å²) >= 11 is 0. The molecule has 0 saturated carbocycles. The van der Waals surface area contributed by atoms with Crippen molar-refractivity contribution in [3.63, 3.8) is 0 Å². The van der Waals surface area contributed by atoms with Gasteiger partial charge in [-0.25, -0.2) is 19.4 Å². The van der Waals surface area contributed by atoms with Gasteiger partial charge in [-0.15, -0.1) is 0 Å². The van der Waals surface area contributed by atoms with E-state index >= 15 is 0 Å². The lowest BCUT2D eigenvalue weighted by molar-refractivity contribution is -0.00710. The van der Waals surface area contributed by atoms with Gasteiger partial charge in [0.2, 0.25) is 0 Å². The Morgan fingerprint density at radius 1 is 1.21 bits per heavy atom. The fourth-order valence-corrected chi connectivity index (χ4v) is 4.54. The van der Waals surface area contributed by atoms with Crippen molar-refractivity contribution in [1.29, 1.82) is 0 Å². The van der Waals surface area contributed by atoms with E-state index in [1.54, 1.807) is 32.5 Å². The van der Waals surface area contributed by atoms with Crippen LogP contribution in [-0.2, 0) is 11.8 Å². The normalized spacial score (nSPS) is 19.0. The van der Waals surface area contributed by atoms with Crippen LogP contribution in [0.15, 0.2) is 46.4 Å². The SMILES string of the molecule is CC[C@H]1C[C@@H](n2c(=O)nc(-c3cnn(C)c3)c3oc4ccc(-n5cncn5)nc4c32)CCO1. The summed E-state index contributed by atoms with van der Waals surface area (Å²) < 4.78 is 17.1. The lowest BCUT2D eigenvalue weighted by atomic mass is 10.0. The number of ether oxygens (including phenoxy) is 1. The Hall–Kier alpha value is -3.86. The Morgan fingerprint density at radius 3 is 2.88 bits per heavy atom. The van der Waals surface area contributed by atoms with Crippen molar-refractivity contribution in [2.24, 2.45) is 7.05 Å². The zero-order chi connectivity index (χ0) is 22.5. The van der Waals surface area contributed by atoms with Gasteiger partial charge in [-0.05, 0) is 31.4 Å². The van der Waals surface area contributed by atoms with E-state index in [1.165, 1.54) is 6.33 Å². The second-order valence-corrected chi connectivity index (χ2v) is 8.23. The van der Waals surface area contributed by atoms with Gasteiger partial charge in [-0.2, -0.15) is 15.2 Å². The van der Waals surface area contributed by atoms with Crippen LogP contribution in [-0.4, -0.2) is 51.8 Å². The maximum Gasteiger partial charge on any atom is 0.349 e. The van der Waals surface area contributed by atoms with Crippen molar-refractivity contribution in [1.82, 2.24) is 39.1 Å².